The van der Waals surface area contributed by atoms with Crippen LogP contribution < -0.4 is 19.1 Å². The zero-order valence-corrected chi connectivity index (χ0v) is 19.1. The van der Waals surface area contributed by atoms with Gasteiger partial charge in [-0.15, -0.1) is 11.8 Å². The lowest BCUT2D eigenvalue weighted by molar-refractivity contribution is 0.388. The van der Waals surface area contributed by atoms with Crippen molar-refractivity contribution in [3.05, 3.63) is 84.4 Å². The second-order valence-electron chi connectivity index (χ2n) is 6.62. The van der Waals surface area contributed by atoms with Crippen LogP contribution in [0.3, 0.4) is 0 Å². The molecule has 0 heterocycles. The molecule has 6 nitrogen and oxygen atoms in total. The van der Waals surface area contributed by atoms with Crippen LogP contribution in [0.25, 0.3) is 0 Å². The van der Waals surface area contributed by atoms with Crippen molar-refractivity contribution in [3.63, 3.8) is 0 Å². The molecule has 0 radical (unpaired) electrons. The Labute approximate surface area is 187 Å². The number of rotatable bonds is 10. The van der Waals surface area contributed by atoms with Gasteiger partial charge in [-0.25, -0.2) is 4.57 Å². The van der Waals surface area contributed by atoms with Gasteiger partial charge < -0.3 is 19.1 Å². The van der Waals surface area contributed by atoms with Crippen LogP contribution in [0.15, 0.2) is 78.9 Å². The van der Waals surface area contributed by atoms with Crippen LogP contribution in [0, 0.1) is 5.41 Å². The standard InChI is InChI=1S/C23H25N2O4PS/c1-18(24)31-16-19-13-14-22(27-2)15-23(19)25-17-30(26,28-20-9-5-3-6-10-20)29-21-11-7-4-8-12-21/h3-15,24-25H,16-17H2,1-2H3. The van der Waals surface area contributed by atoms with E-state index >= 15 is 0 Å². The normalized spacial score (nSPS) is 10.9. The zero-order chi connectivity index (χ0) is 22.1. The van der Waals surface area contributed by atoms with Crippen molar-refractivity contribution in [1.29, 1.82) is 5.41 Å². The number of anilines is 1. The molecule has 0 saturated heterocycles. The van der Waals surface area contributed by atoms with Gasteiger partial charge in [0.25, 0.3) is 0 Å². The molecule has 0 unspecified atom stereocenters. The molecule has 2 N–H and O–H groups in total. The fourth-order valence-corrected chi connectivity index (χ4v) is 4.75. The Balaban J connectivity index is 1.84. The van der Waals surface area contributed by atoms with Crippen molar-refractivity contribution in [3.8, 4) is 17.2 Å². The molecule has 0 aliphatic heterocycles. The molecule has 0 spiro atoms. The first-order valence-electron chi connectivity index (χ1n) is 9.64. The second-order valence-corrected chi connectivity index (χ2v) is 9.72. The smallest absolute Gasteiger partial charge is 0.449 e. The molecule has 0 amide bonds. The largest absolute Gasteiger partial charge is 0.497 e. The van der Waals surface area contributed by atoms with E-state index in [4.69, 9.17) is 19.2 Å². The lowest BCUT2D eigenvalue weighted by Gasteiger charge is -2.22. The first kappa shape index (κ1) is 22.8. The van der Waals surface area contributed by atoms with Crippen LogP contribution in [0.2, 0.25) is 0 Å². The van der Waals surface area contributed by atoms with E-state index in [1.54, 1.807) is 38.3 Å². The van der Waals surface area contributed by atoms with Crippen LogP contribution in [-0.4, -0.2) is 18.4 Å². The molecule has 3 rings (SSSR count). The molecule has 0 saturated carbocycles. The van der Waals surface area contributed by atoms with E-state index in [-0.39, 0.29) is 6.29 Å². The van der Waals surface area contributed by atoms with E-state index in [1.807, 2.05) is 54.6 Å². The zero-order valence-electron chi connectivity index (χ0n) is 17.4. The van der Waals surface area contributed by atoms with Gasteiger partial charge in [0, 0.05) is 17.5 Å². The SMILES string of the molecule is COc1ccc(CSC(C)=N)c(NCP(=O)(Oc2ccccc2)Oc2ccccc2)c1. The first-order valence-corrected chi connectivity index (χ1v) is 12.4. The molecule has 0 aromatic heterocycles. The molecule has 0 aliphatic carbocycles. The summed E-state index contributed by atoms with van der Waals surface area (Å²) in [5.41, 5.74) is 1.71. The summed E-state index contributed by atoms with van der Waals surface area (Å²) in [7, 11) is -2.02. The third-order valence-electron chi connectivity index (χ3n) is 4.20. The van der Waals surface area contributed by atoms with E-state index < -0.39 is 7.60 Å². The Morgan fingerprint density at radius 1 is 0.935 bits per heavy atom. The average molecular weight is 457 g/mol. The van der Waals surface area contributed by atoms with Crippen molar-refractivity contribution in [2.24, 2.45) is 0 Å². The Morgan fingerprint density at radius 2 is 1.52 bits per heavy atom. The van der Waals surface area contributed by atoms with Crippen molar-refractivity contribution < 1.29 is 18.3 Å². The van der Waals surface area contributed by atoms with Crippen molar-refractivity contribution in [2.75, 3.05) is 18.7 Å². The van der Waals surface area contributed by atoms with Gasteiger partial charge in [0.15, 0.2) is 0 Å². The number of ether oxygens (including phenoxy) is 1. The van der Waals surface area contributed by atoms with Crippen LogP contribution in [0.4, 0.5) is 5.69 Å². The van der Waals surface area contributed by atoms with Crippen LogP contribution >= 0.6 is 19.4 Å². The van der Waals surface area contributed by atoms with Gasteiger partial charge >= 0.3 is 7.60 Å². The predicted octanol–water partition coefficient (Wildman–Crippen LogP) is 6.65. The van der Waals surface area contributed by atoms with E-state index in [1.165, 1.54) is 11.8 Å². The molecule has 3 aromatic rings. The maximum Gasteiger partial charge on any atom is 0.449 e. The minimum absolute atomic E-state index is 0.0504. The average Bonchev–Trinajstić information content (AvgIpc) is 2.77. The predicted molar refractivity (Wildman–Crippen MR) is 128 cm³/mol. The highest BCUT2D eigenvalue weighted by molar-refractivity contribution is 8.13. The fourth-order valence-electron chi connectivity index (χ4n) is 2.71. The molecule has 3 aromatic carbocycles. The lowest BCUT2D eigenvalue weighted by Crippen LogP contribution is -2.13. The number of benzene rings is 3. The van der Waals surface area contributed by atoms with Gasteiger partial charge in [0.1, 0.15) is 23.5 Å². The first-order chi connectivity index (χ1) is 15.0. The Morgan fingerprint density at radius 3 is 2.03 bits per heavy atom. The summed E-state index contributed by atoms with van der Waals surface area (Å²) < 4.78 is 30.7. The maximum absolute atomic E-state index is 13.7. The molecule has 0 bridgehead atoms. The van der Waals surface area contributed by atoms with E-state index in [9.17, 15) is 4.57 Å². The van der Waals surface area contributed by atoms with Gasteiger partial charge in [0.05, 0.1) is 12.2 Å². The summed E-state index contributed by atoms with van der Waals surface area (Å²) in [6.45, 7) is 1.75. The minimum Gasteiger partial charge on any atom is -0.497 e. The van der Waals surface area contributed by atoms with E-state index in [2.05, 4.69) is 5.32 Å². The van der Waals surface area contributed by atoms with E-state index in [0.717, 1.165) is 11.3 Å². The summed E-state index contributed by atoms with van der Waals surface area (Å²) in [5, 5.41) is 11.4. The van der Waals surface area contributed by atoms with E-state index in [0.29, 0.717) is 28.0 Å². The third-order valence-corrected chi connectivity index (χ3v) is 6.61. The van der Waals surface area contributed by atoms with Crippen LogP contribution in [0.5, 0.6) is 17.2 Å². The van der Waals surface area contributed by atoms with Crippen LogP contribution in [-0.2, 0) is 10.3 Å². The van der Waals surface area contributed by atoms with Crippen molar-refractivity contribution in [1.82, 2.24) is 0 Å². The number of thioether (sulfide) groups is 1. The number of methoxy groups -OCH3 is 1. The second kappa shape index (κ2) is 10.9. The summed E-state index contributed by atoms with van der Waals surface area (Å²) in [6, 6.07) is 23.5. The van der Waals surface area contributed by atoms with Crippen molar-refractivity contribution in [2.45, 2.75) is 12.7 Å². The molecule has 8 heteroatoms. The molecule has 162 valence electrons. The Bertz CT molecular complexity index is 1000. The quantitative estimate of drug-likeness (QED) is 0.202. The molecular formula is C23H25N2O4PS. The minimum atomic E-state index is -3.61. The fraction of sp³-hybridized carbons (Fsp3) is 0.174. The highest BCUT2D eigenvalue weighted by Gasteiger charge is 2.28. The number of para-hydroxylation sites is 2. The molecule has 0 atom stereocenters. The number of nitrogens with one attached hydrogen (secondary N) is 2. The Kier molecular flexibility index (Phi) is 8.04. The van der Waals surface area contributed by atoms with Gasteiger partial charge in [-0.1, -0.05) is 42.5 Å². The van der Waals surface area contributed by atoms with Gasteiger partial charge in [-0.05, 0) is 42.8 Å². The third kappa shape index (κ3) is 7.09. The summed E-state index contributed by atoms with van der Waals surface area (Å²) in [5.74, 6) is 2.20. The Hall–Kier alpha value is -2.89. The summed E-state index contributed by atoms with van der Waals surface area (Å²) in [4.78, 5) is 0. The lowest BCUT2D eigenvalue weighted by atomic mass is 10.2. The van der Waals surface area contributed by atoms with Gasteiger partial charge in [-0.2, -0.15) is 0 Å². The maximum atomic E-state index is 13.7. The summed E-state index contributed by atoms with van der Waals surface area (Å²) >= 11 is 1.42. The van der Waals surface area contributed by atoms with Gasteiger partial charge in [-0.3, -0.25) is 5.41 Å². The van der Waals surface area contributed by atoms with Crippen molar-refractivity contribution >= 4 is 30.1 Å². The molecule has 0 aliphatic rings. The number of hydrogen-bond donors (Lipinski definition) is 2. The monoisotopic (exact) mass is 456 g/mol. The highest BCUT2D eigenvalue weighted by atomic mass is 32.2. The molecule has 31 heavy (non-hydrogen) atoms. The topological polar surface area (TPSA) is 80.6 Å². The summed E-state index contributed by atoms with van der Waals surface area (Å²) in [6.07, 6.45) is -0.0504. The van der Waals surface area contributed by atoms with Crippen LogP contribution in [0.1, 0.15) is 12.5 Å². The molecular weight excluding hydrogens is 431 g/mol. The highest BCUT2D eigenvalue weighted by Crippen LogP contribution is 2.48. The number of hydrogen-bond acceptors (Lipinski definition) is 7. The van der Waals surface area contributed by atoms with Gasteiger partial charge in [0.2, 0.25) is 0 Å². The molecule has 0 fully saturated rings.